The second-order valence-electron chi connectivity index (χ2n) is 4.17. The molecule has 0 saturated carbocycles. The van der Waals surface area contributed by atoms with Crippen molar-refractivity contribution in [1.82, 2.24) is 15.5 Å². The normalized spacial score (nSPS) is 17.0. The topological polar surface area (TPSA) is 44.4 Å². The predicted molar refractivity (Wildman–Crippen MR) is 66.4 cm³/mol. The zero-order chi connectivity index (χ0) is 11.6. The molecule has 1 heterocycles. The SMILES string of the molecule is C=CCNCC(=O)NCCN1CCCCC1. The molecule has 0 aliphatic carbocycles. The van der Waals surface area contributed by atoms with E-state index in [1.807, 2.05) is 0 Å². The summed E-state index contributed by atoms with van der Waals surface area (Å²) in [5.74, 6) is 0.0684. The summed E-state index contributed by atoms with van der Waals surface area (Å²) in [6, 6.07) is 0. The van der Waals surface area contributed by atoms with Gasteiger partial charge < -0.3 is 15.5 Å². The quantitative estimate of drug-likeness (QED) is 0.486. The first-order valence-electron chi connectivity index (χ1n) is 6.13. The Morgan fingerprint density at radius 3 is 2.75 bits per heavy atom. The molecule has 1 amide bonds. The molecule has 4 nitrogen and oxygen atoms in total. The number of nitrogens with one attached hydrogen (secondary N) is 2. The summed E-state index contributed by atoms with van der Waals surface area (Å²) < 4.78 is 0. The molecule has 0 bridgehead atoms. The standard InChI is InChI=1S/C12H23N3O/c1-2-6-13-11-12(16)14-7-10-15-8-4-3-5-9-15/h2,13H,1,3-11H2,(H,14,16). The number of rotatable bonds is 7. The van der Waals surface area contributed by atoms with Gasteiger partial charge in [0.2, 0.25) is 5.91 Å². The monoisotopic (exact) mass is 225 g/mol. The van der Waals surface area contributed by atoms with Crippen molar-refractivity contribution in [3.63, 3.8) is 0 Å². The summed E-state index contributed by atoms with van der Waals surface area (Å²) in [5, 5.41) is 5.89. The van der Waals surface area contributed by atoms with Crippen LogP contribution in [0.5, 0.6) is 0 Å². The van der Waals surface area contributed by atoms with Crippen molar-refractivity contribution in [3.8, 4) is 0 Å². The molecule has 1 aliphatic heterocycles. The molecular formula is C12H23N3O. The van der Waals surface area contributed by atoms with Crippen molar-refractivity contribution in [3.05, 3.63) is 12.7 Å². The number of piperidine rings is 1. The lowest BCUT2D eigenvalue weighted by Crippen LogP contribution is -2.40. The second-order valence-corrected chi connectivity index (χ2v) is 4.17. The Morgan fingerprint density at radius 1 is 1.31 bits per heavy atom. The first-order valence-corrected chi connectivity index (χ1v) is 6.13. The molecule has 1 saturated heterocycles. The maximum atomic E-state index is 11.3. The molecule has 0 aromatic rings. The predicted octanol–water partition coefficient (Wildman–Crippen LogP) is 0.364. The van der Waals surface area contributed by atoms with Crippen LogP contribution in [0.2, 0.25) is 0 Å². The lowest BCUT2D eigenvalue weighted by Gasteiger charge is -2.26. The van der Waals surface area contributed by atoms with Gasteiger partial charge in [0.15, 0.2) is 0 Å². The van der Waals surface area contributed by atoms with E-state index in [0.717, 1.165) is 13.1 Å². The molecule has 0 aromatic heterocycles. The maximum Gasteiger partial charge on any atom is 0.234 e. The van der Waals surface area contributed by atoms with Gasteiger partial charge in [0.05, 0.1) is 6.54 Å². The average molecular weight is 225 g/mol. The molecule has 0 spiro atoms. The Hall–Kier alpha value is -0.870. The Morgan fingerprint density at radius 2 is 2.06 bits per heavy atom. The van der Waals surface area contributed by atoms with Crippen molar-refractivity contribution in [2.24, 2.45) is 0 Å². The molecule has 4 heteroatoms. The lowest BCUT2D eigenvalue weighted by atomic mass is 10.1. The molecule has 0 aromatic carbocycles. The molecule has 1 fully saturated rings. The van der Waals surface area contributed by atoms with Gasteiger partial charge in [-0.1, -0.05) is 12.5 Å². The fourth-order valence-electron chi connectivity index (χ4n) is 1.89. The maximum absolute atomic E-state index is 11.3. The summed E-state index contributed by atoms with van der Waals surface area (Å²) in [5.41, 5.74) is 0. The molecule has 0 radical (unpaired) electrons. The first-order chi connectivity index (χ1) is 7.83. The van der Waals surface area contributed by atoms with Crippen LogP contribution in [0.1, 0.15) is 19.3 Å². The van der Waals surface area contributed by atoms with Gasteiger partial charge in [-0.05, 0) is 25.9 Å². The van der Waals surface area contributed by atoms with Gasteiger partial charge >= 0.3 is 0 Å². The van der Waals surface area contributed by atoms with E-state index >= 15 is 0 Å². The lowest BCUT2D eigenvalue weighted by molar-refractivity contribution is -0.120. The van der Waals surface area contributed by atoms with E-state index in [4.69, 9.17) is 0 Å². The van der Waals surface area contributed by atoms with Crippen LogP contribution in [0.3, 0.4) is 0 Å². The second kappa shape index (κ2) is 8.30. The van der Waals surface area contributed by atoms with Gasteiger partial charge in [-0.2, -0.15) is 0 Å². The summed E-state index contributed by atoms with van der Waals surface area (Å²) in [4.78, 5) is 13.8. The summed E-state index contributed by atoms with van der Waals surface area (Å²) >= 11 is 0. The van der Waals surface area contributed by atoms with Crippen LogP contribution in [0, 0.1) is 0 Å². The Bertz CT molecular complexity index is 212. The fraction of sp³-hybridized carbons (Fsp3) is 0.750. The molecule has 92 valence electrons. The zero-order valence-electron chi connectivity index (χ0n) is 10.0. The van der Waals surface area contributed by atoms with Gasteiger partial charge in [-0.3, -0.25) is 4.79 Å². The number of likely N-dealkylation sites (tertiary alicyclic amines) is 1. The van der Waals surface area contributed by atoms with E-state index < -0.39 is 0 Å². The first kappa shape index (κ1) is 13.2. The minimum Gasteiger partial charge on any atom is -0.354 e. The van der Waals surface area contributed by atoms with Crippen LogP contribution in [-0.4, -0.2) is 50.1 Å². The van der Waals surface area contributed by atoms with Gasteiger partial charge in [0.1, 0.15) is 0 Å². The van der Waals surface area contributed by atoms with Crippen molar-refractivity contribution in [2.75, 3.05) is 39.3 Å². The number of carbonyl (C=O) groups excluding carboxylic acids is 1. The molecule has 16 heavy (non-hydrogen) atoms. The number of hydrogen-bond donors (Lipinski definition) is 2. The van der Waals surface area contributed by atoms with E-state index in [1.165, 1.54) is 32.4 Å². The van der Waals surface area contributed by atoms with Gasteiger partial charge in [-0.25, -0.2) is 0 Å². The van der Waals surface area contributed by atoms with Crippen LogP contribution in [0.25, 0.3) is 0 Å². The highest BCUT2D eigenvalue weighted by Gasteiger charge is 2.09. The largest absolute Gasteiger partial charge is 0.354 e. The molecular weight excluding hydrogens is 202 g/mol. The van der Waals surface area contributed by atoms with Crippen LogP contribution in [0.4, 0.5) is 0 Å². The van der Waals surface area contributed by atoms with Gasteiger partial charge in [-0.15, -0.1) is 6.58 Å². The van der Waals surface area contributed by atoms with E-state index in [-0.39, 0.29) is 5.91 Å². The van der Waals surface area contributed by atoms with Crippen molar-refractivity contribution < 1.29 is 4.79 Å². The molecule has 1 aliphatic rings. The van der Waals surface area contributed by atoms with E-state index in [2.05, 4.69) is 22.1 Å². The molecule has 1 rings (SSSR count). The smallest absolute Gasteiger partial charge is 0.234 e. The fourth-order valence-corrected chi connectivity index (χ4v) is 1.89. The average Bonchev–Trinajstić information content (AvgIpc) is 2.31. The third-order valence-corrected chi connectivity index (χ3v) is 2.77. The minimum atomic E-state index is 0.0684. The number of hydrogen-bond acceptors (Lipinski definition) is 3. The number of nitrogens with zero attached hydrogens (tertiary/aromatic N) is 1. The Labute approximate surface area is 98.1 Å². The highest BCUT2D eigenvalue weighted by Crippen LogP contribution is 2.06. The van der Waals surface area contributed by atoms with Crippen molar-refractivity contribution >= 4 is 5.91 Å². The van der Waals surface area contributed by atoms with E-state index in [0.29, 0.717) is 13.1 Å². The van der Waals surface area contributed by atoms with Crippen LogP contribution in [-0.2, 0) is 4.79 Å². The van der Waals surface area contributed by atoms with Crippen molar-refractivity contribution in [1.29, 1.82) is 0 Å². The third-order valence-electron chi connectivity index (χ3n) is 2.77. The highest BCUT2D eigenvalue weighted by molar-refractivity contribution is 5.77. The zero-order valence-corrected chi connectivity index (χ0v) is 10.0. The Balaban J connectivity index is 1.96. The van der Waals surface area contributed by atoms with Crippen molar-refractivity contribution in [2.45, 2.75) is 19.3 Å². The van der Waals surface area contributed by atoms with Crippen LogP contribution < -0.4 is 10.6 Å². The molecule has 0 atom stereocenters. The molecule has 0 unspecified atom stereocenters. The Kier molecular flexibility index (Phi) is 6.85. The van der Waals surface area contributed by atoms with Crippen LogP contribution >= 0.6 is 0 Å². The summed E-state index contributed by atoms with van der Waals surface area (Å²) in [7, 11) is 0. The number of carbonyl (C=O) groups is 1. The highest BCUT2D eigenvalue weighted by atomic mass is 16.1. The molecule has 2 N–H and O–H groups in total. The number of amides is 1. The summed E-state index contributed by atoms with van der Waals surface area (Å²) in [6.07, 6.45) is 5.71. The van der Waals surface area contributed by atoms with E-state index in [1.54, 1.807) is 6.08 Å². The van der Waals surface area contributed by atoms with Gasteiger partial charge in [0, 0.05) is 19.6 Å². The van der Waals surface area contributed by atoms with Crippen LogP contribution in [0.15, 0.2) is 12.7 Å². The minimum absolute atomic E-state index is 0.0684. The van der Waals surface area contributed by atoms with Gasteiger partial charge in [0.25, 0.3) is 0 Å². The van der Waals surface area contributed by atoms with E-state index in [9.17, 15) is 4.79 Å². The summed E-state index contributed by atoms with van der Waals surface area (Å²) in [6.45, 7) is 8.75. The third kappa shape index (κ3) is 5.88.